The van der Waals surface area contributed by atoms with Crippen LogP contribution in [-0.2, 0) is 25.6 Å². The van der Waals surface area contributed by atoms with Gasteiger partial charge in [-0.15, -0.1) is 0 Å². The van der Waals surface area contributed by atoms with Crippen molar-refractivity contribution >= 4 is 23.5 Å². The van der Waals surface area contributed by atoms with Gasteiger partial charge in [0.15, 0.2) is 0 Å². The molecule has 0 saturated carbocycles. The van der Waals surface area contributed by atoms with Gasteiger partial charge in [0, 0.05) is 6.54 Å². The maximum atomic E-state index is 13.5. The van der Waals surface area contributed by atoms with Crippen molar-refractivity contribution in [1.29, 1.82) is 5.26 Å². The average molecular weight is 553 g/mol. The molecule has 0 aromatic heterocycles. The van der Waals surface area contributed by atoms with Crippen LogP contribution < -0.4 is 20.7 Å². The number of nitrogens with one attached hydrogen (secondary N) is 1. The van der Waals surface area contributed by atoms with Crippen molar-refractivity contribution < 1.29 is 28.6 Å². The fourth-order valence-corrected chi connectivity index (χ4v) is 4.65. The van der Waals surface area contributed by atoms with Crippen LogP contribution in [-0.4, -0.2) is 39.2 Å². The minimum absolute atomic E-state index is 0.00213. The number of ether oxygens (including phenoxy) is 3. The molecule has 1 aliphatic rings. The molecule has 3 aromatic rings. The van der Waals surface area contributed by atoms with Crippen LogP contribution in [0.5, 0.6) is 5.75 Å². The van der Waals surface area contributed by atoms with E-state index in [0.29, 0.717) is 11.3 Å². The first-order chi connectivity index (χ1) is 19.9. The Kier molecular flexibility index (Phi) is 8.69. The Balaban J connectivity index is 1.86. The van der Waals surface area contributed by atoms with Crippen molar-refractivity contribution in [3.8, 4) is 11.8 Å². The third-order valence-electron chi connectivity index (χ3n) is 6.61. The van der Waals surface area contributed by atoms with E-state index in [9.17, 15) is 19.6 Å². The number of nitrogens with two attached hydrogens (primary N) is 1. The molecule has 0 fully saturated rings. The molecule has 0 bridgehead atoms. The lowest BCUT2D eigenvalue weighted by Crippen LogP contribution is -2.41. The van der Waals surface area contributed by atoms with Crippen molar-refractivity contribution in [2.45, 2.75) is 12.5 Å². The van der Waals surface area contributed by atoms with Crippen molar-refractivity contribution in [3.63, 3.8) is 0 Å². The number of anilines is 1. The monoisotopic (exact) mass is 552 g/mol. The van der Waals surface area contributed by atoms with Gasteiger partial charge in [-0.2, -0.15) is 5.26 Å². The minimum atomic E-state index is -1.02. The number of carbonyl (C=O) groups excluding carboxylic acids is 3. The van der Waals surface area contributed by atoms with Gasteiger partial charge >= 0.3 is 11.9 Å². The molecule has 1 unspecified atom stereocenters. The van der Waals surface area contributed by atoms with Crippen LogP contribution >= 0.6 is 0 Å². The molecule has 41 heavy (non-hydrogen) atoms. The van der Waals surface area contributed by atoms with Crippen molar-refractivity contribution in [2.75, 3.05) is 26.2 Å². The van der Waals surface area contributed by atoms with Gasteiger partial charge in [0.05, 0.1) is 55.7 Å². The highest BCUT2D eigenvalue weighted by atomic mass is 16.5. The summed E-state index contributed by atoms with van der Waals surface area (Å²) in [4.78, 5) is 41.3. The number of hydrogen-bond acceptors (Lipinski definition) is 9. The van der Waals surface area contributed by atoms with E-state index in [2.05, 4.69) is 11.4 Å². The third kappa shape index (κ3) is 5.60. The van der Waals surface area contributed by atoms with Gasteiger partial charge in [-0.25, -0.2) is 9.59 Å². The zero-order valence-electron chi connectivity index (χ0n) is 22.7. The number of esters is 2. The standard InChI is InChI=1S/C31H28N4O6/c1-39-21-15-13-19(14-16-21)18-34-29(36)22-11-7-8-12-24(22)35-27(31(38)41-3)26(30(37)40-2)25(23(17-32)28(35)33)20-9-5-4-6-10-20/h4-16,25H,18,33H2,1-3H3,(H,34,36). The summed E-state index contributed by atoms with van der Waals surface area (Å²) in [5.74, 6) is -2.70. The first kappa shape index (κ1) is 28.4. The van der Waals surface area contributed by atoms with Gasteiger partial charge < -0.3 is 25.3 Å². The van der Waals surface area contributed by atoms with E-state index in [0.717, 1.165) is 12.7 Å². The summed E-state index contributed by atoms with van der Waals surface area (Å²) in [6, 6.07) is 24.4. The minimum Gasteiger partial charge on any atom is -0.497 e. The van der Waals surface area contributed by atoms with Crippen LogP contribution in [0, 0.1) is 11.3 Å². The fraction of sp³-hybridized carbons (Fsp3) is 0.161. The van der Waals surface area contributed by atoms with E-state index in [1.54, 1.807) is 73.8 Å². The summed E-state index contributed by atoms with van der Waals surface area (Å²) in [5, 5.41) is 13.1. The smallest absolute Gasteiger partial charge is 0.355 e. The van der Waals surface area contributed by atoms with Gasteiger partial charge in [-0.3, -0.25) is 9.69 Å². The van der Waals surface area contributed by atoms with Gasteiger partial charge in [0.1, 0.15) is 17.3 Å². The summed E-state index contributed by atoms with van der Waals surface area (Å²) >= 11 is 0. The molecule has 0 saturated heterocycles. The lowest BCUT2D eigenvalue weighted by atomic mass is 9.80. The summed E-state index contributed by atoms with van der Waals surface area (Å²) in [6.45, 7) is 0.203. The molecule has 208 valence electrons. The zero-order chi connectivity index (χ0) is 29.5. The van der Waals surface area contributed by atoms with E-state index in [-0.39, 0.29) is 40.5 Å². The average Bonchev–Trinajstić information content (AvgIpc) is 3.02. The topological polar surface area (TPSA) is 144 Å². The van der Waals surface area contributed by atoms with E-state index < -0.39 is 23.8 Å². The number of rotatable bonds is 8. The maximum Gasteiger partial charge on any atom is 0.355 e. The Hall–Kier alpha value is -5.56. The second kappa shape index (κ2) is 12.5. The molecule has 10 heteroatoms. The Morgan fingerprint density at radius 3 is 2.15 bits per heavy atom. The van der Waals surface area contributed by atoms with Crippen molar-refractivity contribution in [3.05, 3.63) is 118 Å². The number of para-hydroxylation sites is 1. The van der Waals surface area contributed by atoms with Crippen LogP contribution in [0.3, 0.4) is 0 Å². The van der Waals surface area contributed by atoms with Crippen LogP contribution in [0.25, 0.3) is 0 Å². The highest BCUT2D eigenvalue weighted by Crippen LogP contribution is 2.43. The molecule has 0 radical (unpaired) electrons. The predicted octanol–water partition coefficient (Wildman–Crippen LogP) is 3.52. The summed E-state index contributed by atoms with van der Waals surface area (Å²) in [7, 11) is 3.90. The number of nitrogens with zero attached hydrogens (tertiary/aromatic N) is 2. The molecule has 1 aliphatic heterocycles. The second-order valence-electron chi connectivity index (χ2n) is 8.88. The number of hydrogen-bond donors (Lipinski definition) is 2. The molecule has 3 aromatic carbocycles. The Bertz CT molecular complexity index is 1570. The van der Waals surface area contributed by atoms with Crippen LogP contribution in [0.1, 0.15) is 27.4 Å². The van der Waals surface area contributed by atoms with Gasteiger partial charge in [-0.05, 0) is 35.4 Å². The Morgan fingerprint density at radius 2 is 1.54 bits per heavy atom. The number of amides is 1. The largest absolute Gasteiger partial charge is 0.497 e. The molecule has 10 nitrogen and oxygen atoms in total. The molecule has 1 amide bonds. The van der Waals surface area contributed by atoms with E-state index in [4.69, 9.17) is 19.9 Å². The number of nitriles is 1. The van der Waals surface area contributed by atoms with E-state index in [1.807, 2.05) is 12.1 Å². The van der Waals surface area contributed by atoms with Crippen LogP contribution in [0.15, 0.2) is 102 Å². The quantitative estimate of drug-likeness (QED) is 0.401. The van der Waals surface area contributed by atoms with Crippen molar-refractivity contribution in [2.24, 2.45) is 5.73 Å². The number of benzene rings is 3. The number of allylic oxidation sites excluding steroid dienone is 1. The molecule has 0 spiro atoms. The lowest BCUT2D eigenvalue weighted by Gasteiger charge is -2.36. The van der Waals surface area contributed by atoms with Crippen molar-refractivity contribution in [1.82, 2.24) is 5.32 Å². The fourth-order valence-electron chi connectivity index (χ4n) is 4.65. The molecule has 1 atom stereocenters. The van der Waals surface area contributed by atoms with E-state index >= 15 is 0 Å². The predicted molar refractivity (Wildman–Crippen MR) is 150 cm³/mol. The molecule has 4 rings (SSSR count). The summed E-state index contributed by atoms with van der Waals surface area (Å²) in [5.41, 5.74) is 7.85. The second-order valence-corrected chi connectivity index (χ2v) is 8.88. The summed E-state index contributed by atoms with van der Waals surface area (Å²) in [6.07, 6.45) is 0. The van der Waals surface area contributed by atoms with Gasteiger partial charge in [0.25, 0.3) is 5.91 Å². The highest BCUT2D eigenvalue weighted by Gasteiger charge is 2.43. The molecular weight excluding hydrogens is 524 g/mol. The lowest BCUT2D eigenvalue weighted by molar-refractivity contribution is -0.139. The van der Waals surface area contributed by atoms with Gasteiger partial charge in [0.2, 0.25) is 0 Å². The first-order valence-corrected chi connectivity index (χ1v) is 12.5. The summed E-state index contributed by atoms with van der Waals surface area (Å²) < 4.78 is 15.3. The Morgan fingerprint density at radius 1 is 0.902 bits per heavy atom. The van der Waals surface area contributed by atoms with Gasteiger partial charge in [-0.1, -0.05) is 54.6 Å². The number of methoxy groups -OCH3 is 3. The zero-order valence-corrected chi connectivity index (χ0v) is 22.7. The SMILES string of the molecule is COC(=O)C1=C(C(=O)OC)N(c2ccccc2C(=O)NCc2ccc(OC)cc2)C(N)=C(C#N)C1c1ccccc1. The van der Waals surface area contributed by atoms with Crippen LogP contribution in [0.2, 0.25) is 0 Å². The third-order valence-corrected chi connectivity index (χ3v) is 6.61. The molecule has 1 heterocycles. The van der Waals surface area contributed by atoms with E-state index in [1.165, 1.54) is 12.0 Å². The first-order valence-electron chi connectivity index (χ1n) is 12.5. The molecular formula is C31H28N4O6. The normalized spacial score (nSPS) is 14.7. The number of carbonyl (C=O) groups is 3. The van der Waals surface area contributed by atoms with Crippen LogP contribution in [0.4, 0.5) is 5.69 Å². The Labute approximate surface area is 237 Å². The molecule has 3 N–H and O–H groups in total. The maximum absolute atomic E-state index is 13.5. The highest BCUT2D eigenvalue weighted by molar-refractivity contribution is 6.08. The molecule has 0 aliphatic carbocycles.